The van der Waals surface area contributed by atoms with Crippen molar-refractivity contribution in [3.05, 3.63) is 60.4 Å². The Bertz CT molecular complexity index is 1410. The lowest BCUT2D eigenvalue weighted by Gasteiger charge is -2.27. The molecule has 3 rings (SSSR count). The molecule has 7 nitrogen and oxygen atoms in total. The Hall–Kier alpha value is -3.21. The SMILES string of the molecule is C=CC(=O)OCC(F)(F)OC(F)(F)OC(F)(F)OC(F)(F)CSc1ccc2cc(-c3ccc(CC)nc3CC)oc2c1. The van der Waals surface area contributed by atoms with Gasteiger partial charge in [-0.15, -0.1) is 29.3 Å². The highest BCUT2D eigenvalue weighted by Gasteiger charge is 2.56. The number of rotatable bonds is 15. The topological polar surface area (TPSA) is 80.0 Å². The predicted molar refractivity (Wildman–Crippen MR) is 133 cm³/mol. The van der Waals surface area contributed by atoms with E-state index in [1.165, 1.54) is 18.2 Å². The quantitative estimate of drug-likeness (QED) is 0.0555. The molecule has 230 valence electrons. The van der Waals surface area contributed by atoms with Crippen LogP contribution in [-0.2, 0) is 36.6 Å². The second-order valence-electron chi connectivity index (χ2n) is 8.42. The maximum atomic E-state index is 14.1. The molecule has 42 heavy (non-hydrogen) atoms. The van der Waals surface area contributed by atoms with Crippen LogP contribution in [0.15, 0.2) is 58.4 Å². The van der Waals surface area contributed by atoms with Gasteiger partial charge in [0.25, 0.3) is 0 Å². The van der Waals surface area contributed by atoms with Crippen LogP contribution in [0.4, 0.5) is 35.1 Å². The van der Waals surface area contributed by atoms with Gasteiger partial charge in [0.05, 0.1) is 11.4 Å². The largest absolute Gasteiger partial charge is 0.496 e. The molecule has 16 heteroatoms. The fourth-order valence-corrected chi connectivity index (χ4v) is 4.19. The maximum absolute atomic E-state index is 14.1. The van der Waals surface area contributed by atoms with Crippen LogP contribution in [0.25, 0.3) is 22.3 Å². The molecular formula is C26H23F8NO6S. The third kappa shape index (κ3) is 9.40. The summed E-state index contributed by atoms with van der Waals surface area (Å²) in [7, 11) is 0. The van der Waals surface area contributed by atoms with Crippen molar-refractivity contribution in [2.24, 2.45) is 0 Å². The molecule has 0 N–H and O–H groups in total. The molecule has 0 saturated carbocycles. The Morgan fingerprint density at radius 1 is 0.929 bits per heavy atom. The Morgan fingerprint density at radius 2 is 1.60 bits per heavy atom. The number of halogens is 8. The van der Waals surface area contributed by atoms with Gasteiger partial charge in [0.15, 0.2) is 6.61 Å². The number of carbonyl (C=O) groups excluding carboxylic acids is 1. The fraction of sp³-hybridized carbons (Fsp3) is 0.385. The van der Waals surface area contributed by atoms with Gasteiger partial charge in [-0.1, -0.05) is 20.4 Å². The molecule has 0 aliphatic carbocycles. The van der Waals surface area contributed by atoms with Gasteiger partial charge < -0.3 is 9.15 Å². The Kier molecular flexibility index (Phi) is 10.3. The molecule has 0 fully saturated rings. The molecular weight excluding hydrogens is 606 g/mol. The second-order valence-corrected chi connectivity index (χ2v) is 9.47. The number of benzene rings is 1. The first-order valence-corrected chi connectivity index (χ1v) is 13.0. The number of esters is 1. The second kappa shape index (κ2) is 13.0. The molecule has 2 heterocycles. The Balaban J connectivity index is 1.64. The zero-order valence-corrected chi connectivity index (χ0v) is 22.7. The molecule has 0 saturated heterocycles. The fourth-order valence-electron chi connectivity index (χ4n) is 3.44. The molecule has 0 bridgehead atoms. The third-order valence-corrected chi connectivity index (χ3v) is 6.28. The average molecular weight is 630 g/mol. The summed E-state index contributed by atoms with van der Waals surface area (Å²) in [4.78, 5) is 15.5. The van der Waals surface area contributed by atoms with Gasteiger partial charge in [0.1, 0.15) is 11.3 Å². The molecule has 0 aliphatic rings. The van der Waals surface area contributed by atoms with Gasteiger partial charge in [-0.3, -0.25) is 4.98 Å². The summed E-state index contributed by atoms with van der Waals surface area (Å²) in [6, 6.07) is 9.70. The summed E-state index contributed by atoms with van der Waals surface area (Å²) in [6.07, 6.45) is -19.7. The highest BCUT2D eigenvalue weighted by Crippen LogP contribution is 2.39. The first-order chi connectivity index (χ1) is 19.5. The van der Waals surface area contributed by atoms with Crippen LogP contribution in [0.3, 0.4) is 0 Å². The normalized spacial score (nSPS) is 13.0. The minimum atomic E-state index is -5.84. The summed E-state index contributed by atoms with van der Waals surface area (Å²) in [5.41, 5.74) is 2.70. The first-order valence-electron chi connectivity index (χ1n) is 12.0. The van der Waals surface area contributed by atoms with Crippen LogP contribution in [0, 0.1) is 0 Å². The van der Waals surface area contributed by atoms with Crippen molar-refractivity contribution >= 4 is 28.7 Å². The van der Waals surface area contributed by atoms with Gasteiger partial charge in [-0.05, 0) is 49.2 Å². The molecule has 0 aliphatic heterocycles. The van der Waals surface area contributed by atoms with Crippen LogP contribution in [-0.4, -0.2) is 48.1 Å². The summed E-state index contributed by atoms with van der Waals surface area (Å²) < 4.78 is 128. The van der Waals surface area contributed by atoms with Gasteiger partial charge in [-0.2, -0.15) is 17.6 Å². The van der Waals surface area contributed by atoms with E-state index in [4.69, 9.17) is 4.42 Å². The third-order valence-electron chi connectivity index (χ3n) is 5.22. The van der Waals surface area contributed by atoms with E-state index in [1.807, 2.05) is 26.0 Å². The number of nitrogens with zero attached hydrogens (tertiary/aromatic N) is 1. The maximum Gasteiger partial charge on any atom is 0.496 e. The van der Waals surface area contributed by atoms with Crippen molar-refractivity contribution in [1.29, 1.82) is 0 Å². The summed E-state index contributed by atoms with van der Waals surface area (Å²) >= 11 is 0.308. The number of aryl methyl sites for hydroxylation is 2. The van der Waals surface area contributed by atoms with Crippen molar-refractivity contribution in [3.8, 4) is 11.3 Å². The van der Waals surface area contributed by atoms with Crippen LogP contribution >= 0.6 is 11.8 Å². The van der Waals surface area contributed by atoms with E-state index in [0.29, 0.717) is 35.4 Å². The number of thioether (sulfide) groups is 1. The lowest BCUT2D eigenvalue weighted by Crippen LogP contribution is -2.46. The van der Waals surface area contributed by atoms with E-state index in [9.17, 15) is 39.9 Å². The average Bonchev–Trinajstić information content (AvgIpc) is 3.31. The molecule has 0 atom stereocenters. The zero-order valence-electron chi connectivity index (χ0n) is 21.9. The van der Waals surface area contributed by atoms with Crippen molar-refractivity contribution in [1.82, 2.24) is 4.98 Å². The number of hydrogen-bond donors (Lipinski definition) is 0. The van der Waals surface area contributed by atoms with E-state index >= 15 is 0 Å². The number of carbonyl (C=O) groups is 1. The summed E-state index contributed by atoms with van der Waals surface area (Å²) in [5, 5.41) is 0.609. The van der Waals surface area contributed by atoms with Crippen LogP contribution in [0.1, 0.15) is 25.2 Å². The van der Waals surface area contributed by atoms with Crippen molar-refractivity contribution in [2.45, 2.75) is 56.4 Å². The molecule has 0 amide bonds. The number of aromatic nitrogens is 1. The smallest absolute Gasteiger partial charge is 0.456 e. The molecule has 1 aromatic carbocycles. The first kappa shape index (κ1) is 33.3. The zero-order chi connectivity index (χ0) is 31.3. The monoisotopic (exact) mass is 629 g/mol. The molecule has 0 radical (unpaired) electrons. The van der Waals surface area contributed by atoms with Crippen molar-refractivity contribution < 1.29 is 63.3 Å². The Morgan fingerprint density at radius 3 is 2.21 bits per heavy atom. The number of hydrogen-bond acceptors (Lipinski definition) is 8. The van der Waals surface area contributed by atoms with Crippen LogP contribution in [0.5, 0.6) is 0 Å². The van der Waals surface area contributed by atoms with Crippen molar-refractivity contribution in [2.75, 3.05) is 12.4 Å². The number of pyridine rings is 1. The lowest BCUT2D eigenvalue weighted by molar-refractivity contribution is -0.572. The minimum Gasteiger partial charge on any atom is -0.456 e. The number of ether oxygens (including phenoxy) is 4. The molecule has 0 spiro atoms. The van der Waals surface area contributed by atoms with Crippen molar-refractivity contribution in [3.63, 3.8) is 0 Å². The van der Waals surface area contributed by atoms with Crippen LogP contribution in [0.2, 0.25) is 0 Å². The highest BCUT2D eigenvalue weighted by molar-refractivity contribution is 7.99. The standard InChI is InChI=1S/C26H23F8NO6S/c1-4-16-8-10-18(19(5-2)35-16)21-11-15-7-9-17(12-20(15)38-21)42-14-24(29,30)40-26(33,34)41-25(31,32)39-23(27,28)13-37-22(36)6-3/h6-12H,3-5,13-14H2,1-2H3. The number of furan rings is 1. The Labute approximate surface area is 237 Å². The van der Waals surface area contributed by atoms with Gasteiger partial charge in [0.2, 0.25) is 0 Å². The lowest BCUT2D eigenvalue weighted by atomic mass is 10.1. The van der Waals surface area contributed by atoms with Gasteiger partial charge in [0, 0.05) is 27.6 Å². The van der Waals surface area contributed by atoms with E-state index in [2.05, 4.69) is 30.5 Å². The van der Waals surface area contributed by atoms with E-state index in [-0.39, 0.29) is 10.5 Å². The van der Waals surface area contributed by atoms with E-state index < -0.39 is 43.1 Å². The molecule has 3 aromatic rings. The molecule has 0 unspecified atom stereocenters. The molecule has 2 aromatic heterocycles. The minimum absolute atomic E-state index is 0.119. The van der Waals surface area contributed by atoms with E-state index in [1.54, 1.807) is 6.07 Å². The van der Waals surface area contributed by atoms with Crippen LogP contribution < -0.4 is 0 Å². The van der Waals surface area contributed by atoms with Gasteiger partial charge in [-0.25, -0.2) is 19.0 Å². The highest BCUT2D eigenvalue weighted by atomic mass is 32.2. The summed E-state index contributed by atoms with van der Waals surface area (Å²) in [6.45, 7) is 4.61. The van der Waals surface area contributed by atoms with E-state index in [0.717, 1.165) is 23.4 Å². The predicted octanol–water partition coefficient (Wildman–Crippen LogP) is 7.78. The summed E-state index contributed by atoms with van der Waals surface area (Å²) in [5.74, 6) is -2.52. The van der Waals surface area contributed by atoms with Gasteiger partial charge >= 0.3 is 30.8 Å². The number of fused-ring (bicyclic) bond motifs is 1. The number of alkyl halides is 8.